The summed E-state index contributed by atoms with van der Waals surface area (Å²) in [6, 6.07) is 0. The van der Waals surface area contributed by atoms with Gasteiger partial charge in [0.1, 0.15) is 0 Å². The van der Waals surface area contributed by atoms with Crippen LogP contribution in [0.2, 0.25) is 0 Å². The summed E-state index contributed by atoms with van der Waals surface area (Å²) in [5, 5.41) is 9.04. The Hall–Kier alpha value is 0.193. The molecule has 0 saturated heterocycles. The minimum absolute atomic E-state index is 0.555. The molecule has 1 nitrogen and oxygen atoms in total. The standard InChI is InChI=1S/C8H12O.ClH.Rh/c9-8-6-4-2-1-3-5-7-8;;/h1-2,7,9H,3-6H2;1H;/q;;+1/p-1. The van der Waals surface area contributed by atoms with Gasteiger partial charge in [-0.05, 0) is 25.3 Å². The molecular formula is C8H12ClORh. The van der Waals surface area contributed by atoms with Gasteiger partial charge in [-0.3, -0.25) is 0 Å². The predicted octanol–water partition coefficient (Wildman–Crippen LogP) is 3.25. The van der Waals surface area contributed by atoms with E-state index in [1.54, 1.807) is 0 Å². The Balaban J connectivity index is 0.000000461. The molecule has 0 radical (unpaired) electrons. The SMILES string of the molecule is OC1=CCCC=CCC1.[Cl][Rh]. The van der Waals surface area contributed by atoms with Gasteiger partial charge in [-0.2, -0.15) is 0 Å². The van der Waals surface area contributed by atoms with E-state index in [9.17, 15) is 0 Å². The van der Waals surface area contributed by atoms with Crippen LogP contribution in [-0.2, 0) is 17.3 Å². The van der Waals surface area contributed by atoms with Crippen molar-refractivity contribution in [2.75, 3.05) is 0 Å². The third-order valence-corrected chi connectivity index (χ3v) is 1.45. The van der Waals surface area contributed by atoms with Crippen LogP contribution in [0.3, 0.4) is 0 Å². The summed E-state index contributed by atoms with van der Waals surface area (Å²) in [5.74, 6) is 0.555. The van der Waals surface area contributed by atoms with Crippen molar-refractivity contribution in [1.82, 2.24) is 0 Å². The van der Waals surface area contributed by atoms with Crippen LogP contribution < -0.4 is 0 Å². The van der Waals surface area contributed by atoms with Crippen LogP contribution in [0.1, 0.15) is 25.7 Å². The quantitative estimate of drug-likeness (QED) is 0.525. The molecule has 0 aliphatic heterocycles. The summed E-state index contributed by atoms with van der Waals surface area (Å²) in [6.45, 7) is 0. The second-order valence-corrected chi connectivity index (χ2v) is 2.28. The van der Waals surface area contributed by atoms with Crippen LogP contribution >= 0.6 is 9.69 Å². The van der Waals surface area contributed by atoms with Crippen molar-refractivity contribution >= 4 is 9.69 Å². The van der Waals surface area contributed by atoms with Crippen molar-refractivity contribution in [3.05, 3.63) is 24.0 Å². The Labute approximate surface area is 81.9 Å². The summed E-state index contributed by atoms with van der Waals surface area (Å²) in [7, 11) is 4.53. The third kappa shape index (κ3) is 6.59. The molecule has 0 atom stereocenters. The van der Waals surface area contributed by atoms with Crippen LogP contribution in [0.15, 0.2) is 24.0 Å². The van der Waals surface area contributed by atoms with Crippen LogP contribution in [0.25, 0.3) is 0 Å². The zero-order valence-corrected chi connectivity index (χ0v) is 8.61. The van der Waals surface area contributed by atoms with Crippen molar-refractivity contribution in [2.24, 2.45) is 0 Å². The van der Waals surface area contributed by atoms with Crippen LogP contribution in [0.5, 0.6) is 0 Å². The van der Waals surface area contributed by atoms with Gasteiger partial charge in [0.05, 0.1) is 5.76 Å². The van der Waals surface area contributed by atoms with E-state index in [2.05, 4.69) is 21.8 Å². The monoisotopic (exact) mass is 262 g/mol. The Bertz CT molecular complexity index is 143. The molecule has 66 valence electrons. The third-order valence-electron chi connectivity index (χ3n) is 1.45. The maximum absolute atomic E-state index is 9.04. The van der Waals surface area contributed by atoms with Gasteiger partial charge < -0.3 is 5.11 Å². The number of aliphatic hydroxyl groups excluding tert-OH is 1. The second-order valence-electron chi connectivity index (χ2n) is 2.28. The molecule has 1 rings (SSSR count). The molecule has 0 aromatic carbocycles. The maximum atomic E-state index is 9.04. The molecule has 1 aliphatic rings. The van der Waals surface area contributed by atoms with E-state index in [-0.39, 0.29) is 0 Å². The van der Waals surface area contributed by atoms with Crippen molar-refractivity contribution in [1.29, 1.82) is 0 Å². The van der Waals surface area contributed by atoms with Crippen molar-refractivity contribution < 1.29 is 22.4 Å². The van der Waals surface area contributed by atoms with Crippen LogP contribution in [0.4, 0.5) is 0 Å². The summed E-state index contributed by atoms with van der Waals surface area (Å²) in [4.78, 5) is 0. The summed E-state index contributed by atoms with van der Waals surface area (Å²) < 4.78 is 0. The Kier molecular flexibility index (Phi) is 8.44. The molecule has 0 aromatic heterocycles. The van der Waals surface area contributed by atoms with E-state index in [0.29, 0.717) is 5.76 Å². The molecule has 1 N–H and O–H groups in total. The first-order chi connectivity index (χ1) is 5.39. The number of aliphatic hydroxyl groups is 1. The van der Waals surface area contributed by atoms with E-state index in [1.165, 1.54) is 0 Å². The number of hydrogen-bond donors (Lipinski definition) is 1. The number of allylic oxidation sites excluding steroid dienone is 4. The topological polar surface area (TPSA) is 20.2 Å². The summed E-state index contributed by atoms with van der Waals surface area (Å²) in [5.41, 5.74) is 0. The normalized spacial score (nSPS) is 17.2. The average molecular weight is 263 g/mol. The molecule has 0 heterocycles. The molecule has 0 amide bonds. The first-order valence-electron chi connectivity index (χ1n) is 3.55. The van der Waals surface area contributed by atoms with E-state index in [0.717, 1.165) is 25.7 Å². The molecule has 0 unspecified atom stereocenters. The van der Waals surface area contributed by atoms with E-state index >= 15 is 0 Å². The summed E-state index contributed by atoms with van der Waals surface area (Å²) in [6.07, 6.45) is 10.1. The molecule has 11 heavy (non-hydrogen) atoms. The number of rotatable bonds is 0. The Morgan fingerprint density at radius 2 is 1.82 bits per heavy atom. The van der Waals surface area contributed by atoms with Crippen LogP contribution in [0, 0.1) is 0 Å². The zero-order chi connectivity index (χ0) is 8.53. The van der Waals surface area contributed by atoms with Crippen molar-refractivity contribution in [3.8, 4) is 0 Å². The van der Waals surface area contributed by atoms with Gasteiger partial charge in [0, 0.05) is 6.42 Å². The molecule has 0 fully saturated rings. The van der Waals surface area contributed by atoms with Gasteiger partial charge >= 0.3 is 27.0 Å². The molecule has 0 spiro atoms. The first kappa shape index (κ1) is 11.2. The van der Waals surface area contributed by atoms with Crippen LogP contribution in [-0.4, -0.2) is 5.11 Å². The van der Waals surface area contributed by atoms with E-state index < -0.39 is 0 Å². The zero-order valence-electron chi connectivity index (χ0n) is 6.22. The minimum atomic E-state index is 0.555. The molecule has 0 bridgehead atoms. The number of hydrogen-bond acceptors (Lipinski definition) is 1. The first-order valence-corrected chi connectivity index (χ1v) is 5.66. The Morgan fingerprint density at radius 1 is 1.18 bits per heavy atom. The van der Waals surface area contributed by atoms with Gasteiger partial charge in [0.25, 0.3) is 0 Å². The van der Waals surface area contributed by atoms with Gasteiger partial charge in [0.2, 0.25) is 0 Å². The van der Waals surface area contributed by atoms with Gasteiger partial charge in [-0.1, -0.05) is 12.2 Å². The molecule has 1 aliphatic carbocycles. The van der Waals surface area contributed by atoms with Gasteiger partial charge in [-0.15, -0.1) is 0 Å². The average Bonchev–Trinajstić information content (AvgIpc) is 2.01. The Morgan fingerprint density at radius 3 is 2.55 bits per heavy atom. The van der Waals surface area contributed by atoms with E-state index in [1.807, 2.05) is 23.4 Å². The van der Waals surface area contributed by atoms with Gasteiger partial charge in [-0.25, -0.2) is 0 Å². The predicted molar refractivity (Wildman–Crippen MR) is 44.2 cm³/mol. The number of halogens is 1. The fourth-order valence-electron chi connectivity index (χ4n) is 0.915. The molecule has 0 saturated carbocycles. The fourth-order valence-corrected chi connectivity index (χ4v) is 0.915. The molecular weight excluding hydrogens is 250 g/mol. The second kappa shape index (κ2) is 8.29. The fraction of sp³-hybridized carbons (Fsp3) is 0.500. The molecule has 3 heteroatoms. The van der Waals surface area contributed by atoms with Crippen molar-refractivity contribution in [3.63, 3.8) is 0 Å². The van der Waals surface area contributed by atoms with Gasteiger partial charge in [0.15, 0.2) is 0 Å². The molecule has 0 aromatic rings. The summed E-state index contributed by atoms with van der Waals surface area (Å²) >= 11 is 2.02. The van der Waals surface area contributed by atoms with E-state index in [4.69, 9.17) is 5.11 Å². The van der Waals surface area contributed by atoms with Crippen molar-refractivity contribution in [2.45, 2.75) is 25.7 Å².